The fraction of sp³-hybridized carbons (Fsp3) is 0. The summed E-state index contributed by atoms with van der Waals surface area (Å²) in [6, 6.07) is 25.0. The maximum Gasteiger partial charge on any atom is 0.293 e. The molecule has 4 aromatic rings. The highest BCUT2D eigenvalue weighted by atomic mass is 32.1. The summed E-state index contributed by atoms with van der Waals surface area (Å²) >= 11 is 5.21. The first kappa shape index (κ1) is 19.4. The smallest absolute Gasteiger partial charge is 0.293 e. The largest absolute Gasteiger partial charge is 0.451 e. The van der Waals surface area contributed by atoms with Crippen LogP contribution in [0.5, 0.6) is 0 Å². The second-order valence-corrected chi connectivity index (χ2v) is 6.86. The lowest BCUT2D eigenvalue weighted by molar-refractivity contribution is 0.0952. The first-order chi connectivity index (χ1) is 14.6. The van der Waals surface area contributed by atoms with Crippen LogP contribution < -0.4 is 16.0 Å². The molecule has 0 spiro atoms. The highest BCUT2D eigenvalue weighted by molar-refractivity contribution is 7.80. The molecule has 7 heteroatoms. The summed E-state index contributed by atoms with van der Waals surface area (Å²) in [5, 5.41) is 9.33. The van der Waals surface area contributed by atoms with Crippen LogP contribution in [0.4, 0.5) is 11.4 Å². The Labute approximate surface area is 177 Å². The molecule has 0 fully saturated rings. The highest BCUT2D eigenvalue weighted by Crippen LogP contribution is 2.19. The summed E-state index contributed by atoms with van der Waals surface area (Å²) in [7, 11) is 0. The Morgan fingerprint density at radius 3 is 2.07 bits per heavy atom. The van der Waals surface area contributed by atoms with Crippen LogP contribution in [-0.4, -0.2) is 16.9 Å². The third kappa shape index (κ3) is 4.53. The zero-order valence-corrected chi connectivity index (χ0v) is 16.5. The van der Waals surface area contributed by atoms with Crippen LogP contribution in [0.25, 0.3) is 11.0 Å². The van der Waals surface area contributed by atoms with E-state index in [9.17, 15) is 9.59 Å². The van der Waals surface area contributed by atoms with Gasteiger partial charge < -0.3 is 15.1 Å². The first-order valence-electron chi connectivity index (χ1n) is 9.16. The third-order valence-corrected chi connectivity index (χ3v) is 4.52. The van der Waals surface area contributed by atoms with Crippen molar-refractivity contribution in [1.82, 2.24) is 5.32 Å². The molecule has 3 aromatic carbocycles. The van der Waals surface area contributed by atoms with E-state index in [0.717, 1.165) is 5.39 Å². The lowest BCUT2D eigenvalue weighted by Gasteiger charge is -2.10. The zero-order valence-electron chi connectivity index (χ0n) is 15.7. The molecule has 1 aromatic heterocycles. The Balaban J connectivity index is 1.34. The van der Waals surface area contributed by atoms with Crippen molar-refractivity contribution >= 4 is 51.5 Å². The van der Waals surface area contributed by atoms with Gasteiger partial charge in [0.2, 0.25) is 0 Å². The minimum Gasteiger partial charge on any atom is -0.451 e. The van der Waals surface area contributed by atoms with Crippen molar-refractivity contribution in [2.24, 2.45) is 0 Å². The van der Waals surface area contributed by atoms with Crippen LogP contribution in [0, 0.1) is 0 Å². The quantitative estimate of drug-likeness (QED) is 0.417. The molecule has 4 rings (SSSR count). The van der Waals surface area contributed by atoms with Gasteiger partial charge in [-0.05, 0) is 60.7 Å². The van der Waals surface area contributed by atoms with Crippen LogP contribution >= 0.6 is 12.2 Å². The van der Waals surface area contributed by atoms with E-state index in [1.165, 1.54) is 0 Å². The minimum atomic E-state index is -0.435. The molecule has 30 heavy (non-hydrogen) atoms. The fourth-order valence-electron chi connectivity index (χ4n) is 2.85. The number of para-hydroxylation sites is 1. The van der Waals surface area contributed by atoms with Crippen molar-refractivity contribution in [3.63, 3.8) is 0 Å². The van der Waals surface area contributed by atoms with E-state index in [2.05, 4.69) is 16.0 Å². The fourth-order valence-corrected chi connectivity index (χ4v) is 3.06. The van der Waals surface area contributed by atoms with Crippen LogP contribution in [-0.2, 0) is 0 Å². The van der Waals surface area contributed by atoms with Gasteiger partial charge in [0.1, 0.15) is 5.58 Å². The van der Waals surface area contributed by atoms with Crippen LogP contribution in [0.3, 0.4) is 0 Å². The number of hydrogen-bond acceptors (Lipinski definition) is 4. The summed E-state index contributed by atoms with van der Waals surface area (Å²) in [6.07, 6.45) is 0. The SMILES string of the molecule is O=C(Nc1ccc(NC(=S)NC(=O)c2cc3ccccc3o2)cc1)c1ccccc1. The number of carbonyl (C=O) groups is 2. The van der Waals surface area contributed by atoms with E-state index in [0.29, 0.717) is 22.5 Å². The Morgan fingerprint density at radius 1 is 0.733 bits per heavy atom. The maximum atomic E-state index is 12.3. The minimum absolute atomic E-state index is 0.140. The number of rotatable bonds is 4. The topological polar surface area (TPSA) is 83.4 Å². The predicted octanol–water partition coefficient (Wildman–Crippen LogP) is 4.81. The van der Waals surface area contributed by atoms with Gasteiger partial charge in [0.05, 0.1) is 0 Å². The normalized spacial score (nSPS) is 10.4. The number of carbonyl (C=O) groups excluding carboxylic acids is 2. The molecule has 0 saturated heterocycles. The number of thiocarbonyl (C=S) groups is 1. The summed E-state index contributed by atoms with van der Waals surface area (Å²) in [4.78, 5) is 24.5. The molecular formula is C23H17N3O3S. The molecule has 2 amide bonds. The number of furan rings is 1. The third-order valence-electron chi connectivity index (χ3n) is 4.31. The average molecular weight is 415 g/mol. The van der Waals surface area contributed by atoms with E-state index >= 15 is 0 Å². The Bertz CT molecular complexity index is 1180. The van der Waals surface area contributed by atoms with Crippen molar-refractivity contribution < 1.29 is 14.0 Å². The molecule has 6 nitrogen and oxygen atoms in total. The van der Waals surface area contributed by atoms with E-state index in [4.69, 9.17) is 16.6 Å². The number of hydrogen-bond donors (Lipinski definition) is 3. The Morgan fingerprint density at radius 2 is 1.37 bits per heavy atom. The molecule has 3 N–H and O–H groups in total. The Hall–Kier alpha value is -3.97. The van der Waals surface area contributed by atoms with Crippen LogP contribution in [0.1, 0.15) is 20.9 Å². The predicted molar refractivity (Wildman–Crippen MR) is 121 cm³/mol. The summed E-state index contributed by atoms with van der Waals surface area (Å²) in [5.74, 6) is -0.445. The number of fused-ring (bicyclic) bond motifs is 1. The molecule has 0 aliphatic heterocycles. The highest BCUT2D eigenvalue weighted by Gasteiger charge is 2.13. The first-order valence-corrected chi connectivity index (χ1v) is 9.57. The van der Waals surface area contributed by atoms with Gasteiger partial charge in [-0.15, -0.1) is 0 Å². The van der Waals surface area contributed by atoms with Gasteiger partial charge in [0.25, 0.3) is 11.8 Å². The van der Waals surface area contributed by atoms with Gasteiger partial charge in [0.15, 0.2) is 10.9 Å². The van der Waals surface area contributed by atoms with Crippen LogP contribution in [0.15, 0.2) is 89.3 Å². The van der Waals surface area contributed by atoms with Crippen molar-refractivity contribution in [2.75, 3.05) is 10.6 Å². The van der Waals surface area contributed by atoms with Gasteiger partial charge in [0, 0.05) is 22.3 Å². The van der Waals surface area contributed by atoms with Crippen molar-refractivity contribution in [3.05, 3.63) is 96.3 Å². The van der Waals surface area contributed by atoms with Crippen molar-refractivity contribution in [3.8, 4) is 0 Å². The second kappa shape index (κ2) is 8.59. The summed E-state index contributed by atoms with van der Waals surface area (Å²) in [6.45, 7) is 0. The van der Waals surface area contributed by atoms with Gasteiger partial charge in [-0.25, -0.2) is 0 Å². The molecule has 0 saturated carbocycles. The number of anilines is 2. The molecular weight excluding hydrogens is 398 g/mol. The Kier molecular flexibility index (Phi) is 5.54. The molecule has 148 valence electrons. The van der Waals surface area contributed by atoms with Crippen molar-refractivity contribution in [1.29, 1.82) is 0 Å². The van der Waals surface area contributed by atoms with E-state index in [1.807, 2.05) is 36.4 Å². The zero-order chi connectivity index (χ0) is 20.9. The number of nitrogens with one attached hydrogen (secondary N) is 3. The summed E-state index contributed by atoms with van der Waals surface area (Å²) < 4.78 is 5.53. The standard InChI is InChI=1S/C23H17N3O3S/c27-21(15-6-2-1-3-7-15)24-17-10-12-18(13-11-17)25-23(30)26-22(28)20-14-16-8-4-5-9-19(16)29-20/h1-14H,(H,24,27)(H2,25,26,28,30). The molecule has 0 unspecified atom stereocenters. The number of benzene rings is 3. The van der Waals surface area contributed by atoms with Gasteiger partial charge in [-0.1, -0.05) is 36.4 Å². The van der Waals surface area contributed by atoms with Crippen molar-refractivity contribution in [2.45, 2.75) is 0 Å². The number of amides is 2. The lowest BCUT2D eigenvalue weighted by atomic mass is 10.2. The molecule has 0 bridgehead atoms. The lowest BCUT2D eigenvalue weighted by Crippen LogP contribution is -2.33. The molecule has 0 aliphatic carbocycles. The van der Waals surface area contributed by atoms with E-state index in [1.54, 1.807) is 48.5 Å². The molecule has 0 radical (unpaired) electrons. The molecule has 0 aliphatic rings. The van der Waals surface area contributed by atoms with Gasteiger partial charge in [-0.3, -0.25) is 14.9 Å². The van der Waals surface area contributed by atoms with Gasteiger partial charge in [-0.2, -0.15) is 0 Å². The second-order valence-electron chi connectivity index (χ2n) is 6.45. The van der Waals surface area contributed by atoms with E-state index < -0.39 is 5.91 Å². The monoisotopic (exact) mass is 415 g/mol. The van der Waals surface area contributed by atoms with E-state index in [-0.39, 0.29) is 16.8 Å². The van der Waals surface area contributed by atoms with Crippen LogP contribution in [0.2, 0.25) is 0 Å². The summed E-state index contributed by atoms with van der Waals surface area (Å²) in [5.41, 5.74) is 2.53. The maximum absolute atomic E-state index is 12.3. The molecule has 1 heterocycles. The molecule has 0 atom stereocenters. The van der Waals surface area contributed by atoms with Gasteiger partial charge >= 0.3 is 0 Å². The average Bonchev–Trinajstić information content (AvgIpc) is 3.20.